The summed E-state index contributed by atoms with van der Waals surface area (Å²) in [5, 5.41) is 3.12. The SMILES string of the molecule is C=C(B1OC(C)(C)C(C)(C)O1)[C@H](CCCO[Si](C)(C)C(C)(C)C)C[Si](C)(c1ccccc1)c1ccccc1. The third-order valence-corrected chi connectivity index (χ3v) is 18.6. The lowest BCUT2D eigenvalue weighted by Crippen LogP contribution is -2.57. The van der Waals surface area contributed by atoms with Crippen molar-refractivity contribution in [2.45, 2.75) is 103 Å². The molecule has 1 atom stereocenters. The predicted octanol–water partition coefficient (Wildman–Crippen LogP) is 7.49. The van der Waals surface area contributed by atoms with Crippen LogP contribution in [0.4, 0.5) is 0 Å². The smallest absolute Gasteiger partial charge is 0.417 e. The summed E-state index contributed by atoms with van der Waals surface area (Å²) >= 11 is 0. The van der Waals surface area contributed by atoms with E-state index in [4.69, 9.17) is 13.7 Å². The van der Waals surface area contributed by atoms with Gasteiger partial charge < -0.3 is 13.7 Å². The summed E-state index contributed by atoms with van der Waals surface area (Å²) in [7, 11) is -4.26. The van der Waals surface area contributed by atoms with Crippen LogP contribution in [0.2, 0.25) is 30.7 Å². The average molecular weight is 551 g/mol. The molecule has 0 amide bonds. The maximum Gasteiger partial charge on any atom is 0.490 e. The van der Waals surface area contributed by atoms with Crippen molar-refractivity contribution in [3.05, 3.63) is 72.7 Å². The molecule has 0 N–H and O–H groups in total. The summed E-state index contributed by atoms with van der Waals surface area (Å²) in [6.45, 7) is 28.0. The van der Waals surface area contributed by atoms with Gasteiger partial charge in [0.05, 0.1) is 11.2 Å². The molecule has 0 unspecified atom stereocenters. The number of benzene rings is 2. The molecule has 1 aliphatic rings. The minimum Gasteiger partial charge on any atom is -0.417 e. The minimum atomic E-state index is -2.08. The van der Waals surface area contributed by atoms with Crippen molar-refractivity contribution in [1.82, 2.24) is 0 Å². The maximum atomic E-state index is 6.57. The fourth-order valence-electron chi connectivity index (χ4n) is 4.99. The molecule has 1 saturated heterocycles. The Bertz CT molecular complexity index is 1010. The van der Waals surface area contributed by atoms with Crippen LogP contribution in [0.1, 0.15) is 61.3 Å². The maximum absolute atomic E-state index is 6.57. The third-order valence-electron chi connectivity index (χ3n) is 9.52. The van der Waals surface area contributed by atoms with Crippen molar-refractivity contribution in [2.75, 3.05) is 6.61 Å². The first-order valence-corrected chi connectivity index (χ1v) is 19.9. The van der Waals surface area contributed by atoms with Gasteiger partial charge >= 0.3 is 7.12 Å². The molecule has 1 aliphatic heterocycles. The molecule has 38 heavy (non-hydrogen) atoms. The molecule has 3 rings (SSSR count). The van der Waals surface area contributed by atoms with E-state index in [0.29, 0.717) is 0 Å². The molecule has 0 aliphatic carbocycles. The lowest BCUT2D eigenvalue weighted by Gasteiger charge is -2.37. The second kappa shape index (κ2) is 11.6. The Morgan fingerprint density at radius 3 is 1.74 bits per heavy atom. The van der Waals surface area contributed by atoms with Crippen molar-refractivity contribution in [3.63, 3.8) is 0 Å². The Labute approximate surface area is 235 Å². The molecule has 0 saturated carbocycles. The molecule has 0 bridgehead atoms. The van der Waals surface area contributed by atoms with Gasteiger partial charge in [-0.05, 0) is 76.1 Å². The van der Waals surface area contributed by atoms with Crippen molar-refractivity contribution in [2.24, 2.45) is 5.92 Å². The Morgan fingerprint density at radius 1 is 0.868 bits per heavy atom. The molecule has 2 aromatic rings. The van der Waals surface area contributed by atoms with E-state index in [1.807, 2.05) is 0 Å². The molecular formula is C32H51BO3Si2. The number of rotatable bonds is 11. The fourth-order valence-corrected chi connectivity index (χ4v) is 10.2. The van der Waals surface area contributed by atoms with Crippen LogP contribution in [-0.4, -0.2) is 41.3 Å². The van der Waals surface area contributed by atoms with Gasteiger partial charge in [-0.1, -0.05) is 98.4 Å². The van der Waals surface area contributed by atoms with Gasteiger partial charge in [0.15, 0.2) is 8.32 Å². The lowest BCUT2D eigenvalue weighted by atomic mass is 9.71. The summed E-state index contributed by atoms with van der Waals surface area (Å²) in [6, 6.07) is 23.2. The van der Waals surface area contributed by atoms with Crippen LogP contribution in [0, 0.1) is 5.92 Å². The Hall–Kier alpha value is -1.44. The van der Waals surface area contributed by atoms with E-state index >= 15 is 0 Å². The van der Waals surface area contributed by atoms with Gasteiger partial charge in [0.2, 0.25) is 0 Å². The fraction of sp³-hybridized carbons (Fsp3) is 0.562. The van der Waals surface area contributed by atoms with Gasteiger partial charge in [0.1, 0.15) is 8.07 Å². The van der Waals surface area contributed by atoms with E-state index < -0.39 is 23.5 Å². The van der Waals surface area contributed by atoms with E-state index in [9.17, 15) is 0 Å². The van der Waals surface area contributed by atoms with E-state index in [-0.39, 0.29) is 22.2 Å². The molecule has 0 radical (unpaired) electrons. The van der Waals surface area contributed by atoms with Gasteiger partial charge in [-0.3, -0.25) is 0 Å². The molecular weight excluding hydrogens is 499 g/mol. The highest BCUT2D eigenvalue weighted by Gasteiger charge is 2.53. The van der Waals surface area contributed by atoms with E-state index in [0.717, 1.165) is 31.0 Å². The van der Waals surface area contributed by atoms with Crippen molar-refractivity contribution in [1.29, 1.82) is 0 Å². The van der Waals surface area contributed by atoms with Crippen LogP contribution < -0.4 is 10.4 Å². The predicted molar refractivity (Wildman–Crippen MR) is 170 cm³/mol. The molecule has 2 aromatic carbocycles. The third kappa shape index (κ3) is 6.82. The summed E-state index contributed by atoms with van der Waals surface area (Å²) in [4.78, 5) is 0. The van der Waals surface area contributed by atoms with Crippen LogP contribution in [0.3, 0.4) is 0 Å². The number of hydrogen-bond donors (Lipinski definition) is 0. The molecule has 0 spiro atoms. The Kier molecular flexibility index (Phi) is 9.47. The molecule has 0 aromatic heterocycles. The molecule has 1 fully saturated rings. The zero-order valence-corrected chi connectivity index (χ0v) is 27.7. The van der Waals surface area contributed by atoms with Crippen LogP contribution in [-0.2, 0) is 13.7 Å². The van der Waals surface area contributed by atoms with Crippen molar-refractivity contribution in [3.8, 4) is 0 Å². The van der Waals surface area contributed by atoms with E-state index in [2.05, 4.69) is 135 Å². The quantitative estimate of drug-likeness (QED) is 0.214. The van der Waals surface area contributed by atoms with Crippen LogP contribution >= 0.6 is 0 Å². The largest absolute Gasteiger partial charge is 0.490 e. The summed E-state index contributed by atoms with van der Waals surface area (Å²) < 4.78 is 19.6. The average Bonchev–Trinajstić information content (AvgIpc) is 3.07. The molecule has 3 nitrogen and oxygen atoms in total. The van der Waals surface area contributed by atoms with Crippen LogP contribution in [0.25, 0.3) is 0 Å². The van der Waals surface area contributed by atoms with E-state index in [1.165, 1.54) is 10.4 Å². The van der Waals surface area contributed by atoms with Gasteiger partial charge in [-0.25, -0.2) is 0 Å². The number of hydrogen-bond acceptors (Lipinski definition) is 3. The second-order valence-electron chi connectivity index (χ2n) is 13.9. The summed E-state index contributed by atoms with van der Waals surface area (Å²) in [5.41, 5.74) is 0.313. The molecule has 208 valence electrons. The van der Waals surface area contributed by atoms with Gasteiger partial charge in [-0.2, -0.15) is 0 Å². The second-order valence-corrected chi connectivity index (χ2v) is 22.9. The van der Waals surface area contributed by atoms with Crippen LogP contribution in [0.5, 0.6) is 0 Å². The number of allylic oxidation sites excluding steroid dienone is 1. The highest BCUT2D eigenvalue weighted by Crippen LogP contribution is 2.41. The van der Waals surface area contributed by atoms with Gasteiger partial charge in [0, 0.05) is 6.61 Å². The standard InChI is InChI=1S/C32H51BO3Si2/c1-26(33-35-31(5,6)32(7,8)36-33)27(19-18-24-34-37(9,10)30(2,3)4)25-38(11,28-20-14-12-15-21-28)29-22-16-13-17-23-29/h12-17,20-23,27H,1,18-19,24-25H2,2-11H3/t27-/m1/s1. The highest BCUT2D eigenvalue weighted by molar-refractivity contribution is 7.01. The first-order chi connectivity index (χ1) is 17.5. The molecule has 6 heteroatoms. The van der Waals surface area contributed by atoms with Crippen molar-refractivity contribution < 1.29 is 13.7 Å². The first kappa shape index (κ1) is 31.1. The first-order valence-electron chi connectivity index (χ1n) is 14.3. The monoisotopic (exact) mass is 550 g/mol. The zero-order chi connectivity index (χ0) is 28.4. The Balaban J connectivity index is 1.90. The molecule has 1 heterocycles. The van der Waals surface area contributed by atoms with Gasteiger partial charge in [0.25, 0.3) is 0 Å². The van der Waals surface area contributed by atoms with Crippen molar-refractivity contribution >= 4 is 33.9 Å². The van der Waals surface area contributed by atoms with E-state index in [1.54, 1.807) is 0 Å². The summed E-state index contributed by atoms with van der Waals surface area (Å²) in [5.74, 6) is 0.268. The Morgan fingerprint density at radius 2 is 1.32 bits per heavy atom. The minimum absolute atomic E-state index is 0.213. The van der Waals surface area contributed by atoms with Gasteiger partial charge in [-0.15, -0.1) is 6.58 Å². The lowest BCUT2D eigenvalue weighted by molar-refractivity contribution is 0.00578. The normalized spacial score (nSPS) is 18.4. The zero-order valence-electron chi connectivity index (χ0n) is 25.7. The summed E-state index contributed by atoms with van der Waals surface area (Å²) in [6.07, 6.45) is 2.02. The van der Waals surface area contributed by atoms with Crippen LogP contribution in [0.15, 0.2) is 72.7 Å². The highest BCUT2D eigenvalue weighted by atomic mass is 28.4. The topological polar surface area (TPSA) is 27.7 Å².